The lowest BCUT2D eigenvalue weighted by Gasteiger charge is -2.14. The van der Waals surface area contributed by atoms with Crippen LogP contribution in [0.2, 0.25) is 0 Å². The van der Waals surface area contributed by atoms with Crippen LogP contribution in [0, 0.1) is 0 Å². The van der Waals surface area contributed by atoms with Gasteiger partial charge in [0.2, 0.25) is 5.91 Å². The van der Waals surface area contributed by atoms with Gasteiger partial charge in [0, 0.05) is 0 Å². The van der Waals surface area contributed by atoms with Crippen molar-refractivity contribution in [2.45, 2.75) is 13.0 Å². The van der Waals surface area contributed by atoms with Crippen LogP contribution < -0.4 is 15.8 Å². The van der Waals surface area contributed by atoms with Gasteiger partial charge < -0.3 is 15.8 Å². The van der Waals surface area contributed by atoms with Gasteiger partial charge in [0.1, 0.15) is 11.8 Å². The Balaban J connectivity index is 2.86. The standard InChI is InChI=1S/C11H16N2O2/c1-3-13-10(11(12)14)8-4-6-9(15-2)7-5-8/h4-7,10,13H,3H2,1-2H3,(H2,12,14). The van der Waals surface area contributed by atoms with Crippen molar-refractivity contribution in [3.05, 3.63) is 29.8 Å². The van der Waals surface area contributed by atoms with Crippen LogP contribution >= 0.6 is 0 Å². The summed E-state index contributed by atoms with van der Waals surface area (Å²) < 4.78 is 5.03. The molecule has 0 aliphatic heterocycles. The lowest BCUT2D eigenvalue weighted by atomic mass is 10.1. The summed E-state index contributed by atoms with van der Waals surface area (Å²) in [4.78, 5) is 11.2. The van der Waals surface area contributed by atoms with E-state index in [-0.39, 0.29) is 5.91 Å². The fourth-order valence-electron chi connectivity index (χ4n) is 1.38. The molecule has 1 atom stereocenters. The Bertz CT molecular complexity index is 322. The monoisotopic (exact) mass is 208 g/mol. The SMILES string of the molecule is CCNC(C(N)=O)c1ccc(OC)cc1. The second kappa shape index (κ2) is 5.36. The molecular weight excluding hydrogens is 192 g/mol. The highest BCUT2D eigenvalue weighted by atomic mass is 16.5. The fraction of sp³-hybridized carbons (Fsp3) is 0.364. The predicted octanol–water partition coefficient (Wildman–Crippen LogP) is 0.831. The second-order valence-electron chi connectivity index (χ2n) is 3.17. The van der Waals surface area contributed by atoms with Crippen molar-refractivity contribution < 1.29 is 9.53 Å². The molecule has 4 nitrogen and oxygen atoms in total. The number of nitrogens with one attached hydrogen (secondary N) is 1. The molecule has 0 heterocycles. The number of amides is 1. The van der Waals surface area contributed by atoms with E-state index in [9.17, 15) is 4.79 Å². The van der Waals surface area contributed by atoms with Gasteiger partial charge in [0.25, 0.3) is 0 Å². The van der Waals surface area contributed by atoms with Crippen molar-refractivity contribution in [1.29, 1.82) is 0 Å². The topological polar surface area (TPSA) is 64.3 Å². The van der Waals surface area contributed by atoms with Crippen molar-refractivity contribution in [2.24, 2.45) is 5.73 Å². The number of primary amides is 1. The predicted molar refractivity (Wildman–Crippen MR) is 58.6 cm³/mol. The first-order valence-corrected chi connectivity index (χ1v) is 4.85. The van der Waals surface area contributed by atoms with Crippen LogP contribution in [0.4, 0.5) is 0 Å². The number of nitrogens with two attached hydrogens (primary N) is 1. The van der Waals surface area contributed by atoms with E-state index >= 15 is 0 Å². The lowest BCUT2D eigenvalue weighted by Crippen LogP contribution is -2.33. The number of benzene rings is 1. The molecule has 1 unspecified atom stereocenters. The summed E-state index contributed by atoms with van der Waals surface area (Å²) in [5.74, 6) is 0.389. The Kier molecular flexibility index (Phi) is 4.12. The number of likely N-dealkylation sites (N-methyl/N-ethyl adjacent to an activating group) is 1. The Morgan fingerprint density at radius 2 is 2.07 bits per heavy atom. The first-order valence-electron chi connectivity index (χ1n) is 4.85. The number of rotatable bonds is 5. The third kappa shape index (κ3) is 2.95. The summed E-state index contributed by atoms with van der Waals surface area (Å²) in [6.45, 7) is 2.62. The number of methoxy groups -OCH3 is 1. The summed E-state index contributed by atoms with van der Waals surface area (Å²) in [6, 6.07) is 6.85. The molecule has 15 heavy (non-hydrogen) atoms. The van der Waals surface area contributed by atoms with Gasteiger partial charge in [-0.25, -0.2) is 0 Å². The molecule has 0 aromatic heterocycles. The molecule has 0 saturated carbocycles. The number of ether oxygens (including phenoxy) is 1. The number of hydrogen-bond donors (Lipinski definition) is 2. The fourth-order valence-corrected chi connectivity index (χ4v) is 1.38. The smallest absolute Gasteiger partial charge is 0.239 e. The molecule has 0 aliphatic rings. The molecule has 0 radical (unpaired) electrons. The molecule has 82 valence electrons. The van der Waals surface area contributed by atoms with Crippen LogP contribution in [0.25, 0.3) is 0 Å². The van der Waals surface area contributed by atoms with E-state index in [0.29, 0.717) is 6.54 Å². The van der Waals surface area contributed by atoms with E-state index in [1.807, 2.05) is 31.2 Å². The normalized spacial score (nSPS) is 12.1. The molecule has 1 rings (SSSR count). The molecular formula is C11H16N2O2. The summed E-state index contributed by atoms with van der Waals surface area (Å²) in [5.41, 5.74) is 6.14. The van der Waals surface area contributed by atoms with E-state index in [0.717, 1.165) is 11.3 Å². The van der Waals surface area contributed by atoms with Gasteiger partial charge in [-0.05, 0) is 24.2 Å². The molecule has 0 aliphatic carbocycles. The number of hydrogen-bond acceptors (Lipinski definition) is 3. The molecule has 1 amide bonds. The third-order valence-electron chi connectivity index (χ3n) is 2.14. The third-order valence-corrected chi connectivity index (χ3v) is 2.14. The molecule has 0 saturated heterocycles. The largest absolute Gasteiger partial charge is 0.497 e. The zero-order valence-electron chi connectivity index (χ0n) is 8.99. The quantitative estimate of drug-likeness (QED) is 0.753. The van der Waals surface area contributed by atoms with Gasteiger partial charge in [0.05, 0.1) is 7.11 Å². The van der Waals surface area contributed by atoms with Gasteiger partial charge >= 0.3 is 0 Å². The summed E-state index contributed by atoms with van der Waals surface area (Å²) in [7, 11) is 1.60. The molecule has 1 aromatic carbocycles. The summed E-state index contributed by atoms with van der Waals surface area (Å²) >= 11 is 0. The van der Waals surface area contributed by atoms with Crippen LogP contribution in [-0.2, 0) is 4.79 Å². The zero-order valence-corrected chi connectivity index (χ0v) is 8.99. The highest BCUT2D eigenvalue weighted by Gasteiger charge is 2.15. The van der Waals surface area contributed by atoms with Crippen molar-refractivity contribution in [1.82, 2.24) is 5.32 Å². The van der Waals surface area contributed by atoms with E-state index < -0.39 is 6.04 Å². The first-order chi connectivity index (χ1) is 7.19. The maximum absolute atomic E-state index is 11.2. The van der Waals surface area contributed by atoms with Crippen molar-refractivity contribution in [2.75, 3.05) is 13.7 Å². The van der Waals surface area contributed by atoms with E-state index in [1.165, 1.54) is 0 Å². The van der Waals surface area contributed by atoms with Crippen LogP contribution in [0.15, 0.2) is 24.3 Å². The molecule has 4 heteroatoms. The summed E-state index contributed by atoms with van der Waals surface area (Å²) in [5, 5.41) is 3.02. The van der Waals surface area contributed by atoms with E-state index in [4.69, 9.17) is 10.5 Å². The van der Waals surface area contributed by atoms with Crippen LogP contribution in [0.1, 0.15) is 18.5 Å². The minimum Gasteiger partial charge on any atom is -0.497 e. The van der Waals surface area contributed by atoms with E-state index in [1.54, 1.807) is 7.11 Å². The van der Waals surface area contributed by atoms with E-state index in [2.05, 4.69) is 5.32 Å². The highest BCUT2D eigenvalue weighted by molar-refractivity contribution is 5.81. The minimum atomic E-state index is -0.430. The molecule has 0 bridgehead atoms. The van der Waals surface area contributed by atoms with Gasteiger partial charge in [-0.1, -0.05) is 19.1 Å². The molecule has 3 N–H and O–H groups in total. The molecule has 0 spiro atoms. The average Bonchev–Trinajstić information content (AvgIpc) is 2.26. The van der Waals surface area contributed by atoms with Crippen LogP contribution in [-0.4, -0.2) is 19.6 Å². The number of carbonyl (C=O) groups excluding carboxylic acids is 1. The Labute approximate surface area is 89.4 Å². The maximum Gasteiger partial charge on any atom is 0.239 e. The highest BCUT2D eigenvalue weighted by Crippen LogP contribution is 2.17. The second-order valence-corrected chi connectivity index (χ2v) is 3.17. The van der Waals surface area contributed by atoms with Gasteiger partial charge in [-0.15, -0.1) is 0 Å². The molecule has 0 fully saturated rings. The van der Waals surface area contributed by atoms with Gasteiger partial charge in [-0.2, -0.15) is 0 Å². The van der Waals surface area contributed by atoms with Crippen molar-refractivity contribution in [3.63, 3.8) is 0 Å². The lowest BCUT2D eigenvalue weighted by molar-refractivity contribution is -0.120. The van der Waals surface area contributed by atoms with Crippen molar-refractivity contribution in [3.8, 4) is 5.75 Å². The Morgan fingerprint density at radius 3 is 2.47 bits per heavy atom. The first kappa shape index (κ1) is 11.5. The van der Waals surface area contributed by atoms with Gasteiger partial charge in [0.15, 0.2) is 0 Å². The Morgan fingerprint density at radius 1 is 1.47 bits per heavy atom. The van der Waals surface area contributed by atoms with Crippen LogP contribution in [0.3, 0.4) is 0 Å². The van der Waals surface area contributed by atoms with Gasteiger partial charge in [-0.3, -0.25) is 4.79 Å². The Hall–Kier alpha value is -1.55. The average molecular weight is 208 g/mol. The number of carbonyl (C=O) groups is 1. The molecule has 1 aromatic rings. The zero-order chi connectivity index (χ0) is 11.3. The summed E-state index contributed by atoms with van der Waals surface area (Å²) in [6.07, 6.45) is 0. The van der Waals surface area contributed by atoms with Crippen molar-refractivity contribution >= 4 is 5.91 Å². The van der Waals surface area contributed by atoms with Crippen LogP contribution in [0.5, 0.6) is 5.75 Å². The maximum atomic E-state index is 11.2. The minimum absolute atomic E-state index is 0.373.